The van der Waals surface area contributed by atoms with Gasteiger partial charge in [0.2, 0.25) is 5.90 Å². The molecule has 0 unspecified atom stereocenters. The third-order valence-electron chi connectivity index (χ3n) is 3.35. The summed E-state index contributed by atoms with van der Waals surface area (Å²) in [4.78, 5) is 26.6. The van der Waals surface area contributed by atoms with E-state index >= 15 is 0 Å². The molecule has 0 saturated heterocycles. The van der Waals surface area contributed by atoms with Gasteiger partial charge in [-0.15, -0.1) is 0 Å². The van der Waals surface area contributed by atoms with E-state index < -0.39 is 10.9 Å². The summed E-state index contributed by atoms with van der Waals surface area (Å²) in [5.41, 5.74) is 1.03. The maximum absolute atomic E-state index is 11.9. The Morgan fingerprint density at radius 3 is 2.62 bits per heavy atom. The minimum absolute atomic E-state index is 0.0212. The van der Waals surface area contributed by atoms with E-state index in [9.17, 15) is 14.9 Å². The van der Waals surface area contributed by atoms with E-state index in [4.69, 9.17) is 9.47 Å². The van der Waals surface area contributed by atoms with Gasteiger partial charge < -0.3 is 9.47 Å². The maximum Gasteiger partial charge on any atom is 0.363 e. The van der Waals surface area contributed by atoms with Gasteiger partial charge in [0.1, 0.15) is 0 Å². The maximum atomic E-state index is 11.9. The summed E-state index contributed by atoms with van der Waals surface area (Å²) in [6.07, 6.45) is 1.59. The number of aliphatic imine (C=N–C) groups is 1. The van der Waals surface area contributed by atoms with Crippen molar-refractivity contribution in [1.29, 1.82) is 0 Å². The molecule has 2 aromatic carbocycles. The van der Waals surface area contributed by atoms with Crippen LogP contribution in [0.4, 0.5) is 5.69 Å². The molecule has 1 aliphatic rings. The Kier molecular flexibility index (Phi) is 4.07. The average Bonchev–Trinajstić information content (AvgIpc) is 2.96. The van der Waals surface area contributed by atoms with Crippen molar-refractivity contribution in [2.75, 3.05) is 7.11 Å². The van der Waals surface area contributed by atoms with Gasteiger partial charge in [0.15, 0.2) is 11.4 Å². The Morgan fingerprint density at radius 1 is 1.21 bits per heavy atom. The molecule has 2 aromatic rings. The molecule has 0 bridgehead atoms. The first kappa shape index (κ1) is 15.4. The van der Waals surface area contributed by atoms with E-state index in [0.717, 1.165) is 5.56 Å². The second-order valence-corrected chi connectivity index (χ2v) is 4.89. The number of hydrogen-bond acceptors (Lipinski definition) is 6. The molecule has 0 radical (unpaired) electrons. The highest BCUT2D eigenvalue weighted by Crippen LogP contribution is 2.29. The number of ether oxygens (including phenoxy) is 2. The van der Waals surface area contributed by atoms with E-state index in [1.54, 1.807) is 12.1 Å². The van der Waals surface area contributed by atoms with Gasteiger partial charge in [-0.2, -0.15) is 0 Å². The zero-order valence-corrected chi connectivity index (χ0v) is 12.6. The smallest absolute Gasteiger partial charge is 0.363 e. The zero-order chi connectivity index (χ0) is 17.1. The van der Waals surface area contributed by atoms with Gasteiger partial charge in [0.25, 0.3) is 0 Å². The summed E-state index contributed by atoms with van der Waals surface area (Å²) in [5.74, 6) is -0.464. The second kappa shape index (κ2) is 6.33. The minimum Gasteiger partial charge on any atom is -0.490 e. The van der Waals surface area contributed by atoms with Crippen LogP contribution in [-0.4, -0.2) is 23.9 Å². The molecule has 0 amide bonds. The van der Waals surface area contributed by atoms with Crippen molar-refractivity contribution in [3.8, 4) is 5.75 Å². The van der Waals surface area contributed by atoms with Crippen LogP contribution in [0.2, 0.25) is 0 Å². The van der Waals surface area contributed by atoms with E-state index in [1.165, 1.54) is 19.2 Å². The lowest BCUT2D eigenvalue weighted by Gasteiger charge is -2.03. The fourth-order valence-corrected chi connectivity index (χ4v) is 2.21. The number of esters is 1. The molecule has 0 fully saturated rings. The molecule has 1 aliphatic heterocycles. The van der Waals surface area contributed by atoms with E-state index in [1.807, 2.05) is 30.3 Å². The van der Waals surface area contributed by atoms with Crippen molar-refractivity contribution in [2.24, 2.45) is 4.99 Å². The lowest BCUT2D eigenvalue weighted by atomic mass is 10.2. The lowest BCUT2D eigenvalue weighted by Crippen LogP contribution is -2.06. The lowest BCUT2D eigenvalue weighted by molar-refractivity contribution is -0.385. The predicted octanol–water partition coefficient (Wildman–Crippen LogP) is 2.95. The summed E-state index contributed by atoms with van der Waals surface area (Å²) in [7, 11) is 1.34. The molecule has 7 heteroatoms. The van der Waals surface area contributed by atoms with Crippen LogP contribution >= 0.6 is 0 Å². The number of nitrogens with zero attached hydrogens (tertiary/aromatic N) is 2. The van der Waals surface area contributed by atoms with Crippen molar-refractivity contribution in [3.63, 3.8) is 0 Å². The van der Waals surface area contributed by atoms with Crippen LogP contribution in [0.1, 0.15) is 11.1 Å². The van der Waals surface area contributed by atoms with E-state index in [0.29, 0.717) is 5.56 Å². The molecule has 0 N–H and O–H groups in total. The number of nitro benzene ring substituents is 1. The summed E-state index contributed by atoms with van der Waals surface area (Å²) < 4.78 is 10.1. The van der Waals surface area contributed by atoms with E-state index in [2.05, 4.69) is 4.99 Å². The van der Waals surface area contributed by atoms with Gasteiger partial charge >= 0.3 is 11.7 Å². The number of cyclic esters (lactones) is 1. The molecular weight excluding hydrogens is 312 g/mol. The van der Waals surface area contributed by atoms with Gasteiger partial charge in [-0.05, 0) is 23.8 Å². The number of carbonyl (C=O) groups excluding carboxylic acids is 1. The molecule has 120 valence electrons. The Hall–Kier alpha value is -3.48. The van der Waals surface area contributed by atoms with Gasteiger partial charge in [-0.1, -0.05) is 30.3 Å². The first-order chi connectivity index (χ1) is 11.6. The third kappa shape index (κ3) is 3.00. The highest BCUT2D eigenvalue weighted by Gasteiger charge is 2.26. The van der Waals surface area contributed by atoms with Crippen LogP contribution in [0.3, 0.4) is 0 Å². The first-order valence-corrected chi connectivity index (χ1v) is 6.99. The number of methoxy groups -OCH3 is 1. The van der Waals surface area contributed by atoms with Crippen LogP contribution in [0.15, 0.2) is 59.2 Å². The molecular formula is C17H12N2O5. The van der Waals surface area contributed by atoms with Crippen LogP contribution in [0, 0.1) is 10.1 Å². The number of hydrogen-bond donors (Lipinski definition) is 0. The summed E-state index contributed by atoms with van der Waals surface area (Å²) in [6, 6.07) is 13.4. The Bertz CT molecular complexity index is 872. The second-order valence-electron chi connectivity index (χ2n) is 4.89. The van der Waals surface area contributed by atoms with Gasteiger partial charge in [0.05, 0.1) is 12.0 Å². The Balaban J connectivity index is 1.97. The molecule has 1 heterocycles. The first-order valence-electron chi connectivity index (χ1n) is 6.99. The van der Waals surface area contributed by atoms with Gasteiger partial charge in [-0.25, -0.2) is 9.79 Å². The Morgan fingerprint density at radius 2 is 1.96 bits per heavy atom. The molecule has 0 atom stereocenters. The molecule has 0 aromatic heterocycles. The molecule has 7 nitrogen and oxygen atoms in total. The summed E-state index contributed by atoms with van der Waals surface area (Å²) >= 11 is 0. The van der Waals surface area contributed by atoms with E-state index in [-0.39, 0.29) is 23.0 Å². The molecule has 3 rings (SSSR count). The average molecular weight is 324 g/mol. The highest BCUT2D eigenvalue weighted by molar-refractivity contribution is 6.13. The topological polar surface area (TPSA) is 91.0 Å². The number of nitro groups is 1. The van der Waals surface area contributed by atoms with Crippen LogP contribution in [0.5, 0.6) is 5.75 Å². The van der Waals surface area contributed by atoms with Crippen molar-refractivity contribution >= 4 is 23.6 Å². The van der Waals surface area contributed by atoms with Crippen LogP contribution in [0.25, 0.3) is 6.08 Å². The van der Waals surface area contributed by atoms with Crippen LogP contribution in [-0.2, 0) is 9.53 Å². The fraction of sp³-hybridized carbons (Fsp3) is 0.0588. The largest absolute Gasteiger partial charge is 0.490 e. The molecule has 0 spiro atoms. The predicted molar refractivity (Wildman–Crippen MR) is 86.7 cm³/mol. The van der Waals surface area contributed by atoms with Crippen molar-refractivity contribution in [2.45, 2.75) is 0 Å². The standard InChI is InChI=1S/C17H12N2O5/c1-23-15-8-7-12(10-14(15)19(21)22)16-18-13(17(20)24-16)9-11-5-3-2-4-6-11/h2-10H,1H3. The van der Waals surface area contributed by atoms with Gasteiger partial charge in [-0.3, -0.25) is 10.1 Å². The quantitative estimate of drug-likeness (QED) is 0.373. The number of carbonyl (C=O) groups is 1. The van der Waals surface area contributed by atoms with Gasteiger partial charge in [0, 0.05) is 11.6 Å². The van der Waals surface area contributed by atoms with Crippen molar-refractivity contribution < 1.29 is 19.2 Å². The number of rotatable bonds is 4. The SMILES string of the molecule is COc1ccc(C2=NC(=Cc3ccccc3)C(=O)O2)cc1[N+](=O)[O-]. The monoisotopic (exact) mass is 324 g/mol. The summed E-state index contributed by atoms with van der Waals surface area (Å²) in [6.45, 7) is 0. The Labute approximate surface area is 137 Å². The highest BCUT2D eigenvalue weighted by atomic mass is 16.6. The fourth-order valence-electron chi connectivity index (χ4n) is 2.21. The molecule has 0 aliphatic carbocycles. The molecule has 0 saturated carbocycles. The normalized spacial score (nSPS) is 15.1. The number of benzene rings is 2. The summed E-state index contributed by atoms with van der Waals surface area (Å²) in [5, 5.41) is 11.1. The van der Waals surface area contributed by atoms with Crippen molar-refractivity contribution in [1.82, 2.24) is 0 Å². The third-order valence-corrected chi connectivity index (χ3v) is 3.35. The molecule has 24 heavy (non-hydrogen) atoms. The minimum atomic E-state index is -0.604. The van der Waals surface area contributed by atoms with Crippen LogP contribution < -0.4 is 4.74 Å². The zero-order valence-electron chi connectivity index (χ0n) is 12.6. The van der Waals surface area contributed by atoms with Crippen molar-refractivity contribution in [3.05, 3.63) is 75.5 Å².